The number of hydrogen-bond donors (Lipinski definition) is 0. The summed E-state index contributed by atoms with van der Waals surface area (Å²) in [6.45, 7) is 9.41. The van der Waals surface area contributed by atoms with Gasteiger partial charge in [-0.15, -0.1) is 0 Å². The van der Waals surface area contributed by atoms with E-state index in [0.29, 0.717) is 47.8 Å². The van der Waals surface area contributed by atoms with Crippen LogP contribution in [0.25, 0.3) is 0 Å². The maximum Gasteiger partial charge on any atom is 0.138 e. The van der Waals surface area contributed by atoms with E-state index < -0.39 is 0 Å². The maximum atomic E-state index is 7.78. The number of allylic oxidation sites excluding steroid dienone is 2. The molecule has 0 N–H and O–H groups in total. The van der Waals surface area contributed by atoms with E-state index in [1.165, 1.54) is 50.1 Å². The predicted molar refractivity (Wildman–Crippen MR) is 168 cm³/mol. The Labute approximate surface area is 255 Å². The molecule has 2 aromatic rings. The van der Waals surface area contributed by atoms with Crippen LogP contribution >= 0.6 is 0 Å². The zero-order valence-corrected chi connectivity index (χ0v) is 25.4. The lowest BCUT2D eigenvalue weighted by atomic mass is 9.51. The van der Waals surface area contributed by atoms with Crippen molar-refractivity contribution >= 4 is 11.4 Å². The van der Waals surface area contributed by atoms with E-state index in [1.807, 2.05) is 0 Å². The van der Waals surface area contributed by atoms with Crippen molar-refractivity contribution in [3.63, 3.8) is 0 Å². The highest BCUT2D eigenvalue weighted by molar-refractivity contribution is 5.73. The van der Waals surface area contributed by atoms with Gasteiger partial charge in [0, 0.05) is 59.2 Å². The fourth-order valence-electron chi connectivity index (χ4n) is 14.2. The highest BCUT2D eigenvalue weighted by Crippen LogP contribution is 2.72. The Balaban J connectivity index is 1.16. The van der Waals surface area contributed by atoms with Gasteiger partial charge in [-0.2, -0.15) is 0 Å². The summed E-state index contributed by atoms with van der Waals surface area (Å²) in [4.78, 5) is 11.7. The fraction of sp³-hybridized carbons (Fsp3) is 0.579. The molecule has 0 radical (unpaired) electrons. The third-order valence-corrected chi connectivity index (χ3v) is 15.3. The molecule has 10 aliphatic rings. The van der Waals surface area contributed by atoms with Crippen molar-refractivity contribution in [2.24, 2.45) is 23.7 Å². The lowest BCUT2D eigenvalue weighted by molar-refractivity contribution is -0.198. The number of nitrogens with zero attached hydrogens (tertiary/aromatic N) is 4. The van der Waals surface area contributed by atoms with Crippen molar-refractivity contribution < 1.29 is 4.74 Å². The van der Waals surface area contributed by atoms with E-state index in [-0.39, 0.29) is 23.3 Å². The van der Waals surface area contributed by atoms with E-state index in [1.54, 1.807) is 22.3 Å². The molecule has 6 saturated heterocycles. The molecule has 2 spiro atoms. The van der Waals surface area contributed by atoms with Gasteiger partial charge >= 0.3 is 0 Å². The topological polar surface area (TPSA) is 22.2 Å². The van der Waals surface area contributed by atoms with Crippen molar-refractivity contribution in [3.05, 3.63) is 83.0 Å². The number of fused-ring (bicyclic) bond motifs is 14. The lowest BCUT2D eigenvalue weighted by Crippen LogP contribution is -2.81. The number of piperidine rings is 2. The lowest BCUT2D eigenvalue weighted by Gasteiger charge is -2.69. The van der Waals surface area contributed by atoms with Gasteiger partial charge < -0.3 is 14.5 Å². The van der Waals surface area contributed by atoms with Crippen LogP contribution in [0.5, 0.6) is 0 Å². The molecule has 2 aliphatic carbocycles. The van der Waals surface area contributed by atoms with Crippen LogP contribution < -0.4 is 9.80 Å². The Hall–Kier alpha value is -2.60. The first-order chi connectivity index (χ1) is 21.2. The molecule has 6 bridgehead atoms. The molecule has 2 aromatic carbocycles. The van der Waals surface area contributed by atoms with E-state index in [0.717, 1.165) is 13.1 Å². The van der Waals surface area contributed by atoms with Crippen LogP contribution in [0.15, 0.2) is 71.8 Å². The summed E-state index contributed by atoms with van der Waals surface area (Å²) < 4.78 is 7.78. The summed E-state index contributed by atoms with van der Waals surface area (Å²) in [5.74, 6) is 2.16. The Bertz CT molecular complexity index is 1560. The Kier molecular flexibility index (Phi) is 4.10. The summed E-state index contributed by atoms with van der Waals surface area (Å²) in [5.41, 5.74) is 10.2. The molecule has 12 rings (SSSR count). The predicted octanol–water partition coefficient (Wildman–Crippen LogP) is 5.28. The number of benzene rings is 2. The first-order valence-corrected chi connectivity index (χ1v) is 17.4. The quantitative estimate of drug-likeness (QED) is 0.401. The van der Waals surface area contributed by atoms with Gasteiger partial charge in [0.05, 0.1) is 12.1 Å². The van der Waals surface area contributed by atoms with Crippen molar-refractivity contribution in [1.29, 1.82) is 0 Å². The van der Waals surface area contributed by atoms with E-state index in [9.17, 15) is 0 Å². The normalized spacial score (nSPS) is 50.7. The summed E-state index contributed by atoms with van der Waals surface area (Å²) in [6.07, 6.45) is 10.5. The SMILES string of the molecule is CC=C1CN2CC[C@@]34c5ccccc5N5[C@@H]6O[C@H]([C@@H]([C@@H]1C[C@H]23)[C@H]54)N1c2ccccc2[C@]23CCN4C/C(=C/C)[C@H](C[C@H]42)[C@H]6[C@H]13. The average Bonchev–Trinajstić information content (AvgIpc) is 3.80. The first-order valence-electron chi connectivity index (χ1n) is 17.4. The van der Waals surface area contributed by atoms with Crippen LogP contribution in [0.2, 0.25) is 0 Å². The molecule has 5 nitrogen and oxygen atoms in total. The van der Waals surface area contributed by atoms with Crippen LogP contribution in [-0.2, 0) is 15.6 Å². The summed E-state index contributed by atoms with van der Waals surface area (Å²) in [6, 6.07) is 21.7. The molecule has 2 saturated carbocycles. The van der Waals surface area contributed by atoms with Gasteiger partial charge in [0.2, 0.25) is 0 Å². The van der Waals surface area contributed by atoms with E-state index in [2.05, 4.69) is 94.1 Å². The molecule has 220 valence electrons. The van der Waals surface area contributed by atoms with E-state index >= 15 is 0 Å². The highest BCUT2D eigenvalue weighted by atomic mass is 16.5. The maximum absolute atomic E-state index is 7.78. The van der Waals surface area contributed by atoms with Crippen molar-refractivity contribution in [2.75, 3.05) is 36.0 Å². The molecule has 8 fully saturated rings. The largest absolute Gasteiger partial charge is 0.341 e. The standard InChI is InChI=1S/C38H42N4O/c1-3-21-19-39-15-13-37-25-9-5-7-11-27(25)41-33(37)31(23(21)17-29(37)39)35-42-28-12-8-6-10-26(28)38-14-16-40-20-22(4-2)24(18-30(38)40)32(34(38)42)36(41)43-35/h3-12,23-24,29-36H,13-20H2,1-2H3/b21-3-,22-4?/t23-,24+,29-,30-,31-,32-,33-,34-,35+,36+,37+,38+/m0/s1. The number of anilines is 2. The third kappa shape index (κ3) is 2.28. The zero-order valence-electron chi connectivity index (χ0n) is 25.4. The van der Waals surface area contributed by atoms with Gasteiger partial charge in [-0.25, -0.2) is 0 Å². The fourth-order valence-corrected chi connectivity index (χ4v) is 14.2. The molecule has 5 heteroatoms. The van der Waals surface area contributed by atoms with Gasteiger partial charge in [0.1, 0.15) is 12.5 Å². The van der Waals surface area contributed by atoms with Gasteiger partial charge in [0.25, 0.3) is 0 Å². The second kappa shape index (κ2) is 7.43. The van der Waals surface area contributed by atoms with Crippen molar-refractivity contribution in [1.82, 2.24) is 9.80 Å². The van der Waals surface area contributed by atoms with Gasteiger partial charge in [0.15, 0.2) is 0 Å². The molecule has 0 amide bonds. The molecule has 8 aliphatic heterocycles. The third-order valence-electron chi connectivity index (χ3n) is 15.3. The first kappa shape index (κ1) is 23.7. The van der Waals surface area contributed by atoms with Gasteiger partial charge in [-0.05, 0) is 87.7 Å². The minimum Gasteiger partial charge on any atom is -0.341 e. The molecule has 0 aromatic heterocycles. The summed E-state index contributed by atoms with van der Waals surface area (Å²) in [5, 5.41) is 0. The van der Waals surface area contributed by atoms with Crippen molar-refractivity contribution in [2.45, 2.75) is 87.0 Å². The van der Waals surface area contributed by atoms with Crippen molar-refractivity contribution in [3.8, 4) is 0 Å². The zero-order chi connectivity index (χ0) is 28.0. The second-order valence-corrected chi connectivity index (χ2v) is 15.8. The number of rotatable bonds is 0. The Morgan fingerprint density at radius 2 is 1.14 bits per heavy atom. The summed E-state index contributed by atoms with van der Waals surface area (Å²) >= 11 is 0. The van der Waals surface area contributed by atoms with Crippen LogP contribution in [0, 0.1) is 23.7 Å². The van der Waals surface area contributed by atoms with Crippen LogP contribution in [0.1, 0.15) is 50.7 Å². The minimum absolute atomic E-state index is 0.147. The molecule has 12 atom stereocenters. The van der Waals surface area contributed by atoms with Crippen LogP contribution in [0.3, 0.4) is 0 Å². The number of ether oxygens (including phenoxy) is 1. The molecule has 8 heterocycles. The number of para-hydroxylation sites is 2. The Morgan fingerprint density at radius 1 is 0.674 bits per heavy atom. The molecule has 0 unspecified atom stereocenters. The van der Waals surface area contributed by atoms with Crippen LogP contribution in [-0.4, -0.2) is 72.6 Å². The average molecular weight is 571 g/mol. The monoisotopic (exact) mass is 570 g/mol. The van der Waals surface area contributed by atoms with Gasteiger partial charge in [-0.1, -0.05) is 59.7 Å². The highest BCUT2D eigenvalue weighted by Gasteiger charge is 2.78. The molecule has 43 heavy (non-hydrogen) atoms. The van der Waals surface area contributed by atoms with Gasteiger partial charge in [-0.3, -0.25) is 9.80 Å². The molecular weight excluding hydrogens is 528 g/mol. The molecular formula is C38H42N4O. The summed E-state index contributed by atoms with van der Waals surface area (Å²) in [7, 11) is 0. The minimum atomic E-state index is 0.147. The number of hydrogen-bond acceptors (Lipinski definition) is 5. The second-order valence-electron chi connectivity index (χ2n) is 15.8. The smallest absolute Gasteiger partial charge is 0.138 e. The van der Waals surface area contributed by atoms with Crippen LogP contribution in [0.4, 0.5) is 11.4 Å². The van der Waals surface area contributed by atoms with E-state index in [4.69, 9.17) is 4.74 Å². The Morgan fingerprint density at radius 3 is 1.60 bits per heavy atom.